The molecule has 16 heavy (non-hydrogen) atoms. The van der Waals surface area contributed by atoms with Crippen molar-refractivity contribution in [2.24, 2.45) is 11.7 Å². The Kier molecular flexibility index (Phi) is 3.54. The molecular formula is C13H17F2N. The van der Waals surface area contributed by atoms with Gasteiger partial charge >= 0.3 is 0 Å². The zero-order valence-corrected chi connectivity index (χ0v) is 9.26. The lowest BCUT2D eigenvalue weighted by Crippen LogP contribution is -2.26. The monoisotopic (exact) mass is 225 g/mol. The molecule has 0 amide bonds. The molecule has 2 unspecified atom stereocenters. The molecule has 0 radical (unpaired) electrons. The van der Waals surface area contributed by atoms with Crippen molar-refractivity contribution in [3.63, 3.8) is 0 Å². The second kappa shape index (κ2) is 4.91. The molecule has 3 heteroatoms. The fourth-order valence-corrected chi connectivity index (χ4v) is 2.70. The zero-order chi connectivity index (χ0) is 11.5. The predicted molar refractivity (Wildman–Crippen MR) is 60.1 cm³/mol. The summed E-state index contributed by atoms with van der Waals surface area (Å²) >= 11 is 0. The van der Waals surface area contributed by atoms with Crippen molar-refractivity contribution in [3.05, 3.63) is 35.4 Å². The molecule has 1 aromatic rings. The fraction of sp³-hybridized carbons (Fsp3) is 0.538. The van der Waals surface area contributed by atoms with Crippen molar-refractivity contribution in [3.8, 4) is 0 Å². The van der Waals surface area contributed by atoms with Gasteiger partial charge in [0.25, 0.3) is 0 Å². The van der Waals surface area contributed by atoms with Crippen molar-refractivity contribution in [1.82, 2.24) is 0 Å². The molecule has 0 spiro atoms. The molecule has 1 nitrogen and oxygen atoms in total. The summed E-state index contributed by atoms with van der Waals surface area (Å²) in [6.45, 7) is 0.556. The molecule has 0 saturated heterocycles. The highest BCUT2D eigenvalue weighted by Crippen LogP contribution is 2.38. The first-order valence-electron chi connectivity index (χ1n) is 5.87. The van der Waals surface area contributed by atoms with Gasteiger partial charge in [-0.25, -0.2) is 8.78 Å². The van der Waals surface area contributed by atoms with Gasteiger partial charge in [0, 0.05) is 0 Å². The van der Waals surface area contributed by atoms with Gasteiger partial charge < -0.3 is 5.73 Å². The van der Waals surface area contributed by atoms with Crippen LogP contribution in [0, 0.1) is 17.6 Å². The van der Waals surface area contributed by atoms with Crippen molar-refractivity contribution >= 4 is 0 Å². The third-order valence-corrected chi connectivity index (χ3v) is 3.57. The third kappa shape index (κ3) is 2.24. The molecule has 1 fully saturated rings. The van der Waals surface area contributed by atoms with E-state index in [1.165, 1.54) is 18.2 Å². The second-order valence-corrected chi connectivity index (χ2v) is 4.55. The van der Waals surface area contributed by atoms with Gasteiger partial charge in [0.05, 0.1) is 0 Å². The van der Waals surface area contributed by atoms with Gasteiger partial charge in [0.1, 0.15) is 11.6 Å². The van der Waals surface area contributed by atoms with Crippen LogP contribution in [0.25, 0.3) is 0 Å². The Balaban J connectivity index is 2.30. The summed E-state index contributed by atoms with van der Waals surface area (Å²) in [5, 5.41) is 0. The molecule has 0 bridgehead atoms. The van der Waals surface area contributed by atoms with E-state index in [1.807, 2.05) is 0 Å². The molecule has 1 aliphatic rings. The number of hydrogen-bond donors (Lipinski definition) is 1. The van der Waals surface area contributed by atoms with Gasteiger partial charge in [-0.2, -0.15) is 0 Å². The average molecular weight is 225 g/mol. The standard InChI is InChI=1S/C13H17F2N/c14-10-5-6-13(15)12(7-10)11-4-2-1-3-9(11)8-16/h5-7,9,11H,1-4,8,16H2. The summed E-state index contributed by atoms with van der Waals surface area (Å²) < 4.78 is 26.8. The summed E-state index contributed by atoms with van der Waals surface area (Å²) in [5.41, 5.74) is 6.21. The summed E-state index contributed by atoms with van der Waals surface area (Å²) in [6, 6.07) is 3.71. The molecule has 2 atom stereocenters. The zero-order valence-electron chi connectivity index (χ0n) is 9.26. The van der Waals surface area contributed by atoms with E-state index in [-0.39, 0.29) is 17.6 Å². The third-order valence-electron chi connectivity index (χ3n) is 3.57. The van der Waals surface area contributed by atoms with Gasteiger partial charge in [0.2, 0.25) is 0 Å². The van der Waals surface area contributed by atoms with Crippen LogP contribution < -0.4 is 5.73 Å². The topological polar surface area (TPSA) is 26.0 Å². The SMILES string of the molecule is NCC1CCCCC1c1cc(F)ccc1F. The van der Waals surface area contributed by atoms with E-state index in [0.29, 0.717) is 18.0 Å². The Bertz CT molecular complexity index is 365. The first kappa shape index (κ1) is 11.5. The number of halogens is 2. The highest BCUT2D eigenvalue weighted by atomic mass is 19.1. The Hall–Kier alpha value is -0.960. The number of rotatable bonds is 2. The van der Waals surface area contributed by atoms with Crippen LogP contribution >= 0.6 is 0 Å². The summed E-state index contributed by atoms with van der Waals surface area (Å²) in [6.07, 6.45) is 4.17. The van der Waals surface area contributed by atoms with E-state index in [9.17, 15) is 8.78 Å². The Morgan fingerprint density at radius 2 is 1.94 bits per heavy atom. The van der Waals surface area contributed by atoms with Gasteiger partial charge in [-0.05, 0) is 55.0 Å². The van der Waals surface area contributed by atoms with Gasteiger partial charge in [-0.15, -0.1) is 0 Å². The molecule has 1 saturated carbocycles. The van der Waals surface area contributed by atoms with E-state index >= 15 is 0 Å². The van der Waals surface area contributed by atoms with Gasteiger partial charge in [-0.1, -0.05) is 12.8 Å². The highest BCUT2D eigenvalue weighted by molar-refractivity contribution is 5.24. The molecule has 0 aliphatic heterocycles. The minimum Gasteiger partial charge on any atom is -0.330 e. The largest absolute Gasteiger partial charge is 0.330 e. The lowest BCUT2D eigenvalue weighted by molar-refractivity contribution is 0.307. The number of hydrogen-bond acceptors (Lipinski definition) is 1. The minimum absolute atomic E-state index is 0.0921. The maximum atomic E-state index is 13.7. The van der Waals surface area contributed by atoms with Crippen LogP contribution in [-0.2, 0) is 0 Å². The van der Waals surface area contributed by atoms with Crippen LogP contribution in [0.5, 0.6) is 0 Å². The van der Waals surface area contributed by atoms with Crippen LogP contribution in [0.4, 0.5) is 8.78 Å². The molecular weight excluding hydrogens is 208 g/mol. The van der Waals surface area contributed by atoms with Crippen LogP contribution in [-0.4, -0.2) is 6.54 Å². The van der Waals surface area contributed by atoms with Gasteiger partial charge in [0.15, 0.2) is 0 Å². The highest BCUT2D eigenvalue weighted by Gasteiger charge is 2.27. The average Bonchev–Trinajstić information content (AvgIpc) is 2.32. The van der Waals surface area contributed by atoms with Gasteiger partial charge in [-0.3, -0.25) is 0 Å². The van der Waals surface area contributed by atoms with Crippen molar-refractivity contribution in [1.29, 1.82) is 0 Å². The van der Waals surface area contributed by atoms with Crippen molar-refractivity contribution in [2.75, 3.05) is 6.54 Å². The molecule has 2 rings (SSSR count). The quantitative estimate of drug-likeness (QED) is 0.821. The second-order valence-electron chi connectivity index (χ2n) is 4.55. The normalized spacial score (nSPS) is 25.7. The minimum atomic E-state index is -0.363. The van der Waals surface area contributed by atoms with E-state index < -0.39 is 0 Å². The fourth-order valence-electron chi connectivity index (χ4n) is 2.70. The number of nitrogens with two attached hydrogens (primary N) is 1. The number of benzene rings is 1. The lowest BCUT2D eigenvalue weighted by Gasteiger charge is -2.31. The lowest BCUT2D eigenvalue weighted by atomic mass is 9.75. The molecule has 0 heterocycles. The van der Waals surface area contributed by atoms with E-state index in [2.05, 4.69) is 0 Å². The van der Waals surface area contributed by atoms with Crippen LogP contribution in [0.3, 0.4) is 0 Å². The summed E-state index contributed by atoms with van der Waals surface area (Å²) in [7, 11) is 0. The first-order chi connectivity index (χ1) is 7.72. The first-order valence-corrected chi connectivity index (χ1v) is 5.87. The molecule has 0 aromatic heterocycles. The molecule has 2 N–H and O–H groups in total. The predicted octanol–water partition coefficient (Wildman–Crippen LogP) is 3.20. The molecule has 1 aliphatic carbocycles. The van der Waals surface area contributed by atoms with E-state index in [0.717, 1.165) is 25.7 Å². The molecule has 1 aromatic carbocycles. The van der Waals surface area contributed by atoms with Crippen LogP contribution in [0.1, 0.15) is 37.2 Å². The van der Waals surface area contributed by atoms with Crippen molar-refractivity contribution < 1.29 is 8.78 Å². The van der Waals surface area contributed by atoms with E-state index in [1.54, 1.807) is 0 Å². The summed E-state index contributed by atoms with van der Waals surface area (Å²) in [4.78, 5) is 0. The maximum Gasteiger partial charge on any atom is 0.126 e. The summed E-state index contributed by atoms with van der Waals surface area (Å²) in [5.74, 6) is -0.274. The van der Waals surface area contributed by atoms with Crippen LogP contribution in [0.15, 0.2) is 18.2 Å². The van der Waals surface area contributed by atoms with Crippen molar-refractivity contribution in [2.45, 2.75) is 31.6 Å². The Labute approximate surface area is 94.7 Å². The maximum absolute atomic E-state index is 13.7. The Morgan fingerprint density at radius 3 is 2.69 bits per heavy atom. The van der Waals surface area contributed by atoms with E-state index in [4.69, 9.17) is 5.73 Å². The smallest absolute Gasteiger partial charge is 0.126 e. The molecule has 88 valence electrons. The van der Waals surface area contributed by atoms with Crippen LogP contribution in [0.2, 0.25) is 0 Å². The Morgan fingerprint density at radius 1 is 1.19 bits per heavy atom.